The zero-order valence-electron chi connectivity index (χ0n) is 17.6. The van der Waals surface area contributed by atoms with Crippen molar-refractivity contribution in [3.8, 4) is 0 Å². The van der Waals surface area contributed by atoms with Gasteiger partial charge in [0.05, 0.1) is 0 Å². The van der Waals surface area contributed by atoms with E-state index in [1.54, 1.807) is 5.57 Å². The third kappa shape index (κ3) is 2.81. The zero-order valence-corrected chi connectivity index (χ0v) is 17.6. The van der Waals surface area contributed by atoms with Gasteiger partial charge >= 0.3 is 0 Å². The molecule has 4 rings (SSSR count). The number of hydrogen-bond donors (Lipinski definition) is 0. The third-order valence-corrected chi connectivity index (χ3v) is 9.13. The lowest BCUT2D eigenvalue weighted by molar-refractivity contribution is -0.128. The fourth-order valence-electron chi connectivity index (χ4n) is 7.80. The van der Waals surface area contributed by atoms with Crippen LogP contribution >= 0.6 is 0 Å². The summed E-state index contributed by atoms with van der Waals surface area (Å²) in [6, 6.07) is 0. The Morgan fingerprint density at radius 3 is 2.67 bits per heavy atom. The highest BCUT2D eigenvalue weighted by Gasteiger charge is 2.60. The van der Waals surface area contributed by atoms with Crippen molar-refractivity contribution in [2.24, 2.45) is 34.5 Å². The molecule has 148 valence electrons. The number of Topliss-reactive ketones (excluding diaryl/α,β-unsaturated/α-hetero) is 2. The molecular weight excluding hydrogens is 332 g/mol. The van der Waals surface area contributed by atoms with Crippen molar-refractivity contribution >= 4 is 11.6 Å². The van der Waals surface area contributed by atoms with Crippen LogP contribution in [0.2, 0.25) is 0 Å². The summed E-state index contributed by atoms with van der Waals surface area (Å²) in [5.74, 6) is 3.12. The van der Waals surface area contributed by atoms with Crippen LogP contribution in [0.5, 0.6) is 0 Å². The van der Waals surface area contributed by atoms with E-state index in [2.05, 4.69) is 33.8 Å². The summed E-state index contributed by atoms with van der Waals surface area (Å²) in [6.45, 7) is 9.40. The first-order valence-corrected chi connectivity index (χ1v) is 11.2. The van der Waals surface area contributed by atoms with Gasteiger partial charge in [-0.1, -0.05) is 38.5 Å². The quantitative estimate of drug-likeness (QED) is 0.555. The van der Waals surface area contributed by atoms with Gasteiger partial charge in [-0.05, 0) is 85.5 Å². The Balaban J connectivity index is 1.68. The van der Waals surface area contributed by atoms with E-state index in [1.165, 1.54) is 25.7 Å². The van der Waals surface area contributed by atoms with Crippen LogP contribution in [-0.4, -0.2) is 11.6 Å². The summed E-state index contributed by atoms with van der Waals surface area (Å²) >= 11 is 0. The normalized spacial score (nSPS) is 44.9. The summed E-state index contributed by atoms with van der Waals surface area (Å²) < 4.78 is 0. The first-order chi connectivity index (χ1) is 12.8. The fraction of sp³-hybridized carbons (Fsp3) is 0.760. The lowest BCUT2D eigenvalue weighted by Gasteiger charge is -2.56. The predicted octanol–water partition coefficient (Wildman–Crippen LogP) is 6.06. The smallest absolute Gasteiger partial charge is 0.159 e. The van der Waals surface area contributed by atoms with Crippen LogP contribution in [0.25, 0.3) is 0 Å². The molecule has 0 aliphatic heterocycles. The van der Waals surface area contributed by atoms with E-state index in [1.807, 2.05) is 6.08 Å². The molecule has 3 saturated carbocycles. The molecular formula is C25H36O2. The number of fused-ring (bicyclic) bond motifs is 5. The second kappa shape index (κ2) is 6.71. The maximum atomic E-state index is 13.2. The van der Waals surface area contributed by atoms with Crippen molar-refractivity contribution < 1.29 is 9.59 Å². The van der Waals surface area contributed by atoms with Gasteiger partial charge in [-0.25, -0.2) is 0 Å². The Kier molecular flexibility index (Phi) is 4.76. The van der Waals surface area contributed by atoms with E-state index in [4.69, 9.17) is 0 Å². The van der Waals surface area contributed by atoms with E-state index in [0.717, 1.165) is 24.8 Å². The first-order valence-electron chi connectivity index (χ1n) is 11.2. The molecule has 6 atom stereocenters. The molecule has 2 heteroatoms. The molecule has 0 aromatic rings. The van der Waals surface area contributed by atoms with Crippen molar-refractivity contribution in [2.75, 3.05) is 0 Å². The summed E-state index contributed by atoms with van der Waals surface area (Å²) in [6.07, 6.45) is 13.4. The molecule has 4 aliphatic carbocycles. The minimum atomic E-state index is -0.0696. The van der Waals surface area contributed by atoms with Crippen LogP contribution in [0.4, 0.5) is 0 Å². The lowest BCUT2D eigenvalue weighted by atomic mass is 9.47. The Hall–Kier alpha value is -1.18. The highest BCUT2D eigenvalue weighted by molar-refractivity contribution is 5.99. The number of allylic oxidation sites excluding steroid dienone is 4. The molecule has 2 nitrogen and oxygen atoms in total. The molecule has 27 heavy (non-hydrogen) atoms. The van der Waals surface area contributed by atoms with Crippen molar-refractivity contribution in [3.63, 3.8) is 0 Å². The summed E-state index contributed by atoms with van der Waals surface area (Å²) in [5.41, 5.74) is 2.87. The first kappa shape index (κ1) is 19.2. The second-order valence-electron chi connectivity index (χ2n) is 10.3. The van der Waals surface area contributed by atoms with Crippen molar-refractivity contribution in [3.05, 3.63) is 23.3 Å². The topological polar surface area (TPSA) is 34.1 Å². The molecule has 0 heterocycles. The number of carbonyl (C=O) groups excluding carboxylic acids is 2. The highest BCUT2D eigenvalue weighted by Crippen LogP contribution is 2.66. The monoisotopic (exact) mass is 368 g/mol. The molecule has 0 spiro atoms. The van der Waals surface area contributed by atoms with Crippen LogP contribution in [-0.2, 0) is 9.59 Å². The van der Waals surface area contributed by atoms with E-state index in [0.29, 0.717) is 53.5 Å². The van der Waals surface area contributed by atoms with E-state index in [9.17, 15) is 9.59 Å². The minimum absolute atomic E-state index is 0.0696. The molecule has 0 radical (unpaired) electrons. The Bertz CT molecular complexity index is 714. The SMILES string of the molecule is CC/C=C(\C)[C@H]1CCC2C3CC(=O)C4=CCC(=O)CCC4(C)C3CCC21C. The van der Waals surface area contributed by atoms with Crippen LogP contribution in [0, 0.1) is 34.5 Å². The number of rotatable bonds is 2. The molecule has 0 aromatic heterocycles. The van der Waals surface area contributed by atoms with E-state index in [-0.39, 0.29) is 5.41 Å². The van der Waals surface area contributed by atoms with Crippen molar-refractivity contribution in [1.29, 1.82) is 0 Å². The van der Waals surface area contributed by atoms with Gasteiger partial charge in [0.15, 0.2) is 5.78 Å². The zero-order chi connectivity index (χ0) is 19.4. The number of ketones is 2. The van der Waals surface area contributed by atoms with Gasteiger partial charge in [-0.2, -0.15) is 0 Å². The van der Waals surface area contributed by atoms with Crippen LogP contribution in [0.15, 0.2) is 23.3 Å². The van der Waals surface area contributed by atoms with Gasteiger partial charge in [0.2, 0.25) is 0 Å². The van der Waals surface area contributed by atoms with Gasteiger partial charge in [-0.3, -0.25) is 9.59 Å². The summed E-state index contributed by atoms with van der Waals surface area (Å²) in [7, 11) is 0. The van der Waals surface area contributed by atoms with Crippen LogP contribution in [0.1, 0.15) is 85.5 Å². The molecule has 0 N–H and O–H groups in total. The molecule has 4 aliphatic rings. The predicted molar refractivity (Wildman–Crippen MR) is 109 cm³/mol. The van der Waals surface area contributed by atoms with Crippen LogP contribution < -0.4 is 0 Å². The average molecular weight is 369 g/mol. The van der Waals surface area contributed by atoms with E-state index >= 15 is 0 Å². The minimum Gasteiger partial charge on any atom is -0.299 e. The third-order valence-electron chi connectivity index (χ3n) is 9.13. The largest absolute Gasteiger partial charge is 0.299 e. The fourth-order valence-corrected chi connectivity index (χ4v) is 7.80. The van der Waals surface area contributed by atoms with Gasteiger partial charge in [0.1, 0.15) is 5.78 Å². The van der Waals surface area contributed by atoms with Gasteiger partial charge in [-0.15, -0.1) is 0 Å². The van der Waals surface area contributed by atoms with Crippen molar-refractivity contribution in [1.82, 2.24) is 0 Å². The molecule has 0 bridgehead atoms. The van der Waals surface area contributed by atoms with E-state index < -0.39 is 0 Å². The molecule has 5 unspecified atom stereocenters. The average Bonchev–Trinajstić information content (AvgIpc) is 2.89. The lowest BCUT2D eigenvalue weighted by Crippen LogP contribution is -2.51. The Morgan fingerprint density at radius 1 is 1.15 bits per heavy atom. The van der Waals surface area contributed by atoms with Gasteiger partial charge < -0.3 is 0 Å². The standard InChI is InChI=1S/C25H36O2/c1-5-6-16(2)19-9-10-20-18-15-23(27)22-8-7-17(26)11-13-25(22,4)21(18)12-14-24(19,20)3/h6,8,18-21H,5,7,9-15H2,1-4H3/b16-6+/t18?,19-,20?,21?,24?,25?/m1/s1. The Morgan fingerprint density at radius 2 is 1.93 bits per heavy atom. The highest BCUT2D eigenvalue weighted by atomic mass is 16.1. The van der Waals surface area contributed by atoms with Crippen molar-refractivity contribution in [2.45, 2.75) is 85.5 Å². The maximum absolute atomic E-state index is 13.2. The molecule has 0 aromatic carbocycles. The summed E-state index contributed by atoms with van der Waals surface area (Å²) in [4.78, 5) is 25.3. The maximum Gasteiger partial charge on any atom is 0.159 e. The molecule has 3 fully saturated rings. The second-order valence-corrected chi connectivity index (χ2v) is 10.3. The molecule has 0 saturated heterocycles. The van der Waals surface area contributed by atoms with Gasteiger partial charge in [0, 0.05) is 19.3 Å². The van der Waals surface area contributed by atoms with Crippen LogP contribution in [0.3, 0.4) is 0 Å². The summed E-state index contributed by atoms with van der Waals surface area (Å²) in [5, 5.41) is 0. The number of hydrogen-bond acceptors (Lipinski definition) is 2. The molecule has 0 amide bonds. The number of carbonyl (C=O) groups is 2. The van der Waals surface area contributed by atoms with Gasteiger partial charge in [0.25, 0.3) is 0 Å². The Labute approximate surface area is 164 Å².